The highest BCUT2D eigenvalue weighted by Crippen LogP contribution is 2.30. The first-order chi connectivity index (χ1) is 9.02. The molecule has 1 aromatic carbocycles. The standard InChI is InChI=1S/C13H12F4N2/c1-2-3-18-9-6-11(13(16)17)19-10-5-7(14)4-8(15)12(9)10/h4-6,13H,2-3H2,1H3,(H,18,19). The molecule has 0 fully saturated rings. The molecule has 1 N–H and O–H groups in total. The lowest BCUT2D eigenvalue weighted by molar-refractivity contribution is 0.146. The van der Waals surface area contributed by atoms with Gasteiger partial charge in [-0.25, -0.2) is 22.5 Å². The third-order valence-corrected chi connectivity index (χ3v) is 2.63. The first-order valence-corrected chi connectivity index (χ1v) is 5.84. The summed E-state index contributed by atoms with van der Waals surface area (Å²) in [5.41, 5.74) is -0.412. The van der Waals surface area contributed by atoms with Crippen LogP contribution in [0.2, 0.25) is 0 Å². The molecule has 1 aromatic heterocycles. The highest BCUT2D eigenvalue weighted by atomic mass is 19.3. The van der Waals surface area contributed by atoms with E-state index in [0.29, 0.717) is 12.6 Å². The molecule has 2 rings (SSSR count). The topological polar surface area (TPSA) is 24.9 Å². The van der Waals surface area contributed by atoms with Gasteiger partial charge in [-0.15, -0.1) is 0 Å². The molecule has 0 aliphatic heterocycles. The monoisotopic (exact) mass is 272 g/mol. The SMILES string of the molecule is CCCNc1cc(C(F)F)nc2cc(F)cc(F)c12. The van der Waals surface area contributed by atoms with Crippen LogP contribution in [0.25, 0.3) is 10.9 Å². The Labute approximate surface area is 107 Å². The Bertz CT molecular complexity index is 599. The molecule has 19 heavy (non-hydrogen) atoms. The molecule has 6 heteroatoms. The van der Waals surface area contributed by atoms with E-state index >= 15 is 0 Å². The van der Waals surface area contributed by atoms with Gasteiger partial charge in [-0.2, -0.15) is 0 Å². The van der Waals surface area contributed by atoms with E-state index in [1.54, 1.807) is 0 Å². The van der Waals surface area contributed by atoms with Crippen molar-refractivity contribution in [1.29, 1.82) is 0 Å². The maximum absolute atomic E-state index is 13.8. The Hall–Kier alpha value is -1.85. The minimum atomic E-state index is -2.79. The van der Waals surface area contributed by atoms with Gasteiger partial charge in [0, 0.05) is 24.4 Å². The summed E-state index contributed by atoms with van der Waals surface area (Å²) in [5, 5.41) is 2.88. The molecule has 0 bridgehead atoms. The van der Waals surface area contributed by atoms with Crippen LogP contribution in [0.15, 0.2) is 18.2 Å². The molecule has 2 nitrogen and oxygen atoms in total. The Morgan fingerprint density at radius 1 is 1.21 bits per heavy atom. The summed E-state index contributed by atoms with van der Waals surface area (Å²) in [6, 6.07) is 2.76. The molecular formula is C13H12F4N2. The summed E-state index contributed by atoms with van der Waals surface area (Å²) in [4.78, 5) is 3.60. The van der Waals surface area contributed by atoms with E-state index < -0.39 is 23.8 Å². The van der Waals surface area contributed by atoms with Crippen molar-refractivity contribution in [1.82, 2.24) is 4.98 Å². The minimum absolute atomic E-state index is 0.0271. The Balaban J connectivity index is 2.67. The van der Waals surface area contributed by atoms with Crippen molar-refractivity contribution < 1.29 is 17.6 Å². The van der Waals surface area contributed by atoms with Gasteiger partial charge in [0.05, 0.1) is 10.9 Å². The molecule has 1 heterocycles. The summed E-state index contributed by atoms with van der Waals surface area (Å²) < 4.78 is 52.3. The highest BCUT2D eigenvalue weighted by molar-refractivity contribution is 5.92. The number of hydrogen-bond acceptors (Lipinski definition) is 2. The number of rotatable bonds is 4. The summed E-state index contributed by atoms with van der Waals surface area (Å²) in [7, 11) is 0. The molecule has 102 valence electrons. The lowest BCUT2D eigenvalue weighted by atomic mass is 10.1. The predicted molar refractivity (Wildman–Crippen MR) is 65.4 cm³/mol. The van der Waals surface area contributed by atoms with E-state index in [0.717, 1.165) is 18.6 Å². The zero-order valence-corrected chi connectivity index (χ0v) is 10.2. The van der Waals surface area contributed by atoms with Crippen molar-refractivity contribution in [3.05, 3.63) is 35.5 Å². The van der Waals surface area contributed by atoms with E-state index in [-0.39, 0.29) is 16.6 Å². The number of alkyl halides is 2. The van der Waals surface area contributed by atoms with Crippen molar-refractivity contribution in [2.75, 3.05) is 11.9 Å². The first-order valence-electron chi connectivity index (χ1n) is 5.84. The molecule has 0 spiro atoms. The van der Waals surface area contributed by atoms with Crippen LogP contribution in [0.4, 0.5) is 23.2 Å². The number of anilines is 1. The molecule has 0 amide bonds. The van der Waals surface area contributed by atoms with Gasteiger partial charge in [-0.05, 0) is 12.5 Å². The van der Waals surface area contributed by atoms with Gasteiger partial charge in [-0.3, -0.25) is 0 Å². The summed E-state index contributed by atoms with van der Waals surface area (Å²) in [5.74, 6) is -1.66. The number of nitrogens with zero attached hydrogens (tertiary/aromatic N) is 1. The largest absolute Gasteiger partial charge is 0.384 e. The number of aromatic nitrogens is 1. The van der Waals surface area contributed by atoms with Gasteiger partial charge in [0.1, 0.15) is 17.3 Å². The second-order valence-corrected chi connectivity index (χ2v) is 4.10. The predicted octanol–water partition coefficient (Wildman–Crippen LogP) is 4.27. The molecule has 2 aromatic rings. The maximum Gasteiger partial charge on any atom is 0.280 e. The fourth-order valence-corrected chi connectivity index (χ4v) is 1.82. The molecule has 0 saturated heterocycles. The Morgan fingerprint density at radius 3 is 2.58 bits per heavy atom. The highest BCUT2D eigenvalue weighted by Gasteiger charge is 2.16. The van der Waals surface area contributed by atoms with E-state index in [2.05, 4.69) is 10.3 Å². The average molecular weight is 272 g/mol. The van der Waals surface area contributed by atoms with Gasteiger partial charge in [0.25, 0.3) is 6.43 Å². The smallest absolute Gasteiger partial charge is 0.280 e. The van der Waals surface area contributed by atoms with Crippen molar-refractivity contribution >= 4 is 16.6 Å². The number of fused-ring (bicyclic) bond motifs is 1. The van der Waals surface area contributed by atoms with Crippen molar-refractivity contribution in [3.8, 4) is 0 Å². The summed E-state index contributed by atoms with van der Waals surface area (Å²) in [6.07, 6.45) is -2.05. The number of benzene rings is 1. The third-order valence-electron chi connectivity index (χ3n) is 2.63. The zero-order chi connectivity index (χ0) is 14.0. The van der Waals surface area contributed by atoms with Crippen LogP contribution < -0.4 is 5.32 Å². The number of pyridine rings is 1. The second kappa shape index (κ2) is 5.42. The van der Waals surface area contributed by atoms with Crippen LogP contribution in [0, 0.1) is 11.6 Å². The molecule has 0 aliphatic rings. The molecular weight excluding hydrogens is 260 g/mol. The summed E-state index contributed by atoms with van der Waals surface area (Å²) >= 11 is 0. The fraction of sp³-hybridized carbons (Fsp3) is 0.308. The van der Waals surface area contributed by atoms with E-state index in [1.165, 1.54) is 0 Å². The summed E-state index contributed by atoms with van der Waals surface area (Å²) in [6.45, 7) is 2.39. The molecule has 0 unspecified atom stereocenters. The maximum atomic E-state index is 13.8. The van der Waals surface area contributed by atoms with Gasteiger partial charge in [0.2, 0.25) is 0 Å². The normalized spacial score (nSPS) is 11.3. The van der Waals surface area contributed by atoms with E-state index in [1.807, 2.05) is 6.92 Å². The zero-order valence-electron chi connectivity index (χ0n) is 10.2. The lowest BCUT2D eigenvalue weighted by Crippen LogP contribution is -2.04. The van der Waals surface area contributed by atoms with Gasteiger partial charge < -0.3 is 5.32 Å². The fourth-order valence-electron chi connectivity index (χ4n) is 1.82. The number of nitrogens with one attached hydrogen (secondary N) is 1. The first kappa shape index (κ1) is 13.6. The van der Waals surface area contributed by atoms with Crippen LogP contribution in [-0.2, 0) is 0 Å². The van der Waals surface area contributed by atoms with E-state index in [4.69, 9.17) is 0 Å². The Morgan fingerprint density at radius 2 is 1.95 bits per heavy atom. The van der Waals surface area contributed by atoms with Gasteiger partial charge in [0.15, 0.2) is 0 Å². The van der Waals surface area contributed by atoms with Crippen LogP contribution in [0.3, 0.4) is 0 Å². The van der Waals surface area contributed by atoms with Crippen molar-refractivity contribution in [2.24, 2.45) is 0 Å². The second-order valence-electron chi connectivity index (χ2n) is 4.10. The van der Waals surface area contributed by atoms with Crippen LogP contribution >= 0.6 is 0 Å². The molecule has 0 saturated carbocycles. The van der Waals surface area contributed by atoms with Crippen molar-refractivity contribution in [3.63, 3.8) is 0 Å². The van der Waals surface area contributed by atoms with Crippen LogP contribution in [0.5, 0.6) is 0 Å². The molecule has 0 aliphatic carbocycles. The molecule has 0 radical (unpaired) electrons. The van der Waals surface area contributed by atoms with Crippen LogP contribution in [0.1, 0.15) is 25.5 Å². The van der Waals surface area contributed by atoms with Crippen molar-refractivity contribution in [2.45, 2.75) is 19.8 Å². The van der Waals surface area contributed by atoms with Gasteiger partial charge in [-0.1, -0.05) is 6.92 Å². The van der Waals surface area contributed by atoms with E-state index in [9.17, 15) is 17.6 Å². The van der Waals surface area contributed by atoms with Crippen LogP contribution in [-0.4, -0.2) is 11.5 Å². The number of halogens is 4. The third kappa shape index (κ3) is 2.77. The van der Waals surface area contributed by atoms with Gasteiger partial charge >= 0.3 is 0 Å². The minimum Gasteiger partial charge on any atom is -0.384 e. The Kier molecular flexibility index (Phi) is 3.87. The average Bonchev–Trinajstić information content (AvgIpc) is 2.34. The number of hydrogen-bond donors (Lipinski definition) is 1. The quantitative estimate of drug-likeness (QED) is 0.840. The molecule has 0 atom stereocenters. The lowest BCUT2D eigenvalue weighted by Gasteiger charge is -2.12.